The van der Waals surface area contributed by atoms with Gasteiger partial charge in [-0.1, -0.05) is 48.4 Å². The number of sulfonamides is 1. The molecule has 3 rings (SSSR count). The van der Waals surface area contributed by atoms with Crippen LogP contribution in [0.4, 0.5) is 5.69 Å². The largest absolute Gasteiger partial charge is 0.497 e. The highest BCUT2D eigenvalue weighted by Gasteiger charge is 2.34. The van der Waals surface area contributed by atoms with Gasteiger partial charge >= 0.3 is 0 Å². The Bertz CT molecular complexity index is 1480. The van der Waals surface area contributed by atoms with E-state index in [2.05, 4.69) is 5.32 Å². The molecule has 0 spiro atoms. The third-order valence-electron chi connectivity index (χ3n) is 6.98. The smallest absolute Gasteiger partial charge is 0.264 e. The zero-order chi connectivity index (χ0) is 31.0. The van der Waals surface area contributed by atoms with Crippen LogP contribution in [0.5, 0.6) is 11.5 Å². The van der Waals surface area contributed by atoms with E-state index in [1.165, 1.54) is 36.3 Å². The summed E-state index contributed by atoms with van der Waals surface area (Å²) in [4.78, 5) is 28.7. The second-order valence-electron chi connectivity index (χ2n) is 10.0. The van der Waals surface area contributed by atoms with Crippen molar-refractivity contribution in [2.45, 2.75) is 57.6 Å². The van der Waals surface area contributed by atoms with Crippen LogP contribution in [0.1, 0.15) is 38.3 Å². The predicted molar refractivity (Wildman–Crippen MR) is 165 cm³/mol. The van der Waals surface area contributed by atoms with Crippen molar-refractivity contribution in [2.75, 3.05) is 25.1 Å². The molecule has 0 saturated carbocycles. The summed E-state index contributed by atoms with van der Waals surface area (Å²) in [7, 11) is -1.31. The molecule has 3 aromatic rings. The van der Waals surface area contributed by atoms with Crippen molar-refractivity contribution in [3.8, 4) is 11.5 Å². The summed E-state index contributed by atoms with van der Waals surface area (Å²) in [5.41, 5.74) is 1.71. The van der Waals surface area contributed by atoms with Crippen molar-refractivity contribution in [2.24, 2.45) is 0 Å². The van der Waals surface area contributed by atoms with E-state index in [9.17, 15) is 18.0 Å². The molecule has 3 aromatic carbocycles. The molecule has 0 saturated heterocycles. The van der Waals surface area contributed by atoms with Gasteiger partial charge in [-0.25, -0.2) is 8.42 Å². The van der Waals surface area contributed by atoms with Gasteiger partial charge in [0.2, 0.25) is 11.8 Å². The minimum absolute atomic E-state index is 0.00723. The van der Waals surface area contributed by atoms with Gasteiger partial charge in [-0.15, -0.1) is 0 Å². The highest BCUT2D eigenvalue weighted by molar-refractivity contribution is 7.92. The average molecular weight is 616 g/mol. The van der Waals surface area contributed by atoms with Gasteiger partial charge in [-0.2, -0.15) is 0 Å². The molecule has 0 unspecified atom stereocenters. The number of aryl methyl sites for hydroxylation is 1. The first-order valence-electron chi connectivity index (χ1n) is 13.6. The maximum Gasteiger partial charge on any atom is 0.264 e. The SMILES string of the molecule is CC[C@H](C)NC(=O)[C@@H](C)N(Cc1ccc(OC)cc1)C(=O)CN(c1cc(Cl)ccc1OC)S(=O)(=O)c1ccc(C)cc1. The number of anilines is 1. The Morgan fingerprint density at radius 3 is 2.17 bits per heavy atom. The molecular formula is C31H38ClN3O6S. The minimum Gasteiger partial charge on any atom is -0.497 e. The van der Waals surface area contributed by atoms with Crippen molar-refractivity contribution in [3.63, 3.8) is 0 Å². The molecule has 0 fully saturated rings. The molecule has 226 valence electrons. The summed E-state index contributed by atoms with van der Waals surface area (Å²) >= 11 is 6.28. The maximum absolute atomic E-state index is 14.1. The maximum atomic E-state index is 14.1. The third-order valence-corrected chi connectivity index (χ3v) is 8.99. The van der Waals surface area contributed by atoms with E-state index in [1.54, 1.807) is 56.5 Å². The molecule has 42 heavy (non-hydrogen) atoms. The van der Waals surface area contributed by atoms with E-state index in [1.807, 2.05) is 20.8 Å². The summed E-state index contributed by atoms with van der Waals surface area (Å²) in [6.45, 7) is 6.75. The lowest BCUT2D eigenvalue weighted by atomic mass is 10.1. The van der Waals surface area contributed by atoms with Gasteiger partial charge in [-0.3, -0.25) is 13.9 Å². The number of amides is 2. The summed E-state index contributed by atoms with van der Waals surface area (Å²) < 4.78 is 39.8. The molecular weight excluding hydrogens is 578 g/mol. The molecule has 2 atom stereocenters. The normalized spacial score (nSPS) is 12.6. The van der Waals surface area contributed by atoms with Gasteiger partial charge < -0.3 is 19.7 Å². The Kier molecular flexibility index (Phi) is 11.2. The molecule has 0 aromatic heterocycles. The fourth-order valence-electron chi connectivity index (χ4n) is 4.18. The number of methoxy groups -OCH3 is 2. The van der Waals surface area contributed by atoms with E-state index in [0.29, 0.717) is 12.2 Å². The van der Waals surface area contributed by atoms with E-state index in [-0.39, 0.29) is 39.8 Å². The Morgan fingerprint density at radius 2 is 1.60 bits per heavy atom. The molecule has 1 N–H and O–H groups in total. The van der Waals surface area contributed by atoms with Crippen LogP contribution in [0.2, 0.25) is 5.02 Å². The predicted octanol–water partition coefficient (Wildman–Crippen LogP) is 5.19. The number of carbonyl (C=O) groups excluding carboxylic acids is 2. The quantitative estimate of drug-likeness (QED) is 0.284. The molecule has 2 amide bonds. The van der Waals surface area contributed by atoms with E-state index in [0.717, 1.165) is 15.4 Å². The monoisotopic (exact) mass is 615 g/mol. The van der Waals surface area contributed by atoms with Crippen LogP contribution in [0.15, 0.2) is 71.6 Å². The number of nitrogens with zero attached hydrogens (tertiary/aromatic N) is 2. The number of hydrogen-bond acceptors (Lipinski definition) is 6. The first-order chi connectivity index (χ1) is 19.9. The van der Waals surface area contributed by atoms with Crippen molar-refractivity contribution < 1.29 is 27.5 Å². The van der Waals surface area contributed by atoms with Crippen LogP contribution >= 0.6 is 11.6 Å². The topological polar surface area (TPSA) is 105 Å². The standard InChI is InChI=1S/C31H38ClN3O6S/c1-7-22(3)33-31(37)23(4)34(19-24-10-13-26(40-5)14-11-24)30(36)20-35(28-18-25(32)12-17-29(28)41-6)42(38,39)27-15-8-21(2)9-16-27/h8-18,22-23H,7,19-20H2,1-6H3,(H,33,37)/t22-,23+/m0/s1. The summed E-state index contributed by atoms with van der Waals surface area (Å²) in [5.74, 6) is -0.0791. The van der Waals surface area contributed by atoms with Crippen LogP contribution < -0.4 is 19.1 Å². The van der Waals surface area contributed by atoms with Crippen molar-refractivity contribution in [3.05, 3.63) is 82.9 Å². The number of ether oxygens (including phenoxy) is 2. The number of rotatable bonds is 13. The highest BCUT2D eigenvalue weighted by atomic mass is 35.5. The molecule has 0 heterocycles. The van der Waals surface area contributed by atoms with Crippen LogP contribution in [-0.4, -0.2) is 58.0 Å². The second-order valence-corrected chi connectivity index (χ2v) is 12.3. The third kappa shape index (κ3) is 7.95. The fourth-order valence-corrected chi connectivity index (χ4v) is 5.77. The molecule has 0 radical (unpaired) electrons. The first kappa shape index (κ1) is 32.8. The molecule has 0 bridgehead atoms. The van der Waals surface area contributed by atoms with Gasteiger partial charge in [0.05, 0.1) is 24.8 Å². The molecule has 0 aliphatic heterocycles. The van der Waals surface area contributed by atoms with Crippen LogP contribution in [0, 0.1) is 6.92 Å². The summed E-state index contributed by atoms with van der Waals surface area (Å²) in [6.07, 6.45) is 0.710. The van der Waals surface area contributed by atoms with Gasteiger partial charge in [0.1, 0.15) is 24.1 Å². The van der Waals surface area contributed by atoms with Crippen molar-refractivity contribution in [1.82, 2.24) is 10.2 Å². The van der Waals surface area contributed by atoms with Gasteiger partial charge in [0, 0.05) is 17.6 Å². The lowest BCUT2D eigenvalue weighted by molar-refractivity contribution is -0.139. The number of benzene rings is 3. The van der Waals surface area contributed by atoms with E-state index < -0.39 is 28.5 Å². The Hall–Kier alpha value is -3.76. The zero-order valence-electron chi connectivity index (χ0n) is 24.8. The summed E-state index contributed by atoms with van der Waals surface area (Å²) in [6, 6.07) is 17.0. The Balaban J connectivity index is 2.09. The second kappa shape index (κ2) is 14.4. The highest BCUT2D eigenvalue weighted by Crippen LogP contribution is 2.35. The average Bonchev–Trinajstić information content (AvgIpc) is 2.98. The molecule has 0 aliphatic carbocycles. The van der Waals surface area contributed by atoms with Gasteiger partial charge in [-0.05, 0) is 75.2 Å². The number of nitrogens with one attached hydrogen (secondary N) is 1. The Morgan fingerprint density at radius 1 is 0.952 bits per heavy atom. The van der Waals surface area contributed by atoms with Crippen molar-refractivity contribution in [1.29, 1.82) is 0 Å². The zero-order valence-corrected chi connectivity index (χ0v) is 26.3. The van der Waals surface area contributed by atoms with Gasteiger partial charge in [0.15, 0.2) is 0 Å². The summed E-state index contributed by atoms with van der Waals surface area (Å²) in [5, 5.41) is 3.18. The van der Waals surface area contributed by atoms with Crippen LogP contribution in [0.3, 0.4) is 0 Å². The molecule has 0 aliphatic rings. The molecule has 9 nitrogen and oxygen atoms in total. The van der Waals surface area contributed by atoms with Crippen LogP contribution in [-0.2, 0) is 26.2 Å². The fraction of sp³-hybridized carbons (Fsp3) is 0.355. The number of carbonyl (C=O) groups is 2. The Labute approximate surface area is 253 Å². The van der Waals surface area contributed by atoms with E-state index >= 15 is 0 Å². The number of halogens is 1. The molecule has 11 heteroatoms. The minimum atomic E-state index is -4.27. The number of hydrogen-bond donors (Lipinski definition) is 1. The lowest BCUT2D eigenvalue weighted by Gasteiger charge is -2.33. The van der Waals surface area contributed by atoms with Crippen molar-refractivity contribution >= 4 is 39.1 Å². The van der Waals surface area contributed by atoms with Gasteiger partial charge in [0.25, 0.3) is 10.0 Å². The van der Waals surface area contributed by atoms with E-state index in [4.69, 9.17) is 21.1 Å². The van der Waals surface area contributed by atoms with Crippen LogP contribution in [0.25, 0.3) is 0 Å². The first-order valence-corrected chi connectivity index (χ1v) is 15.4. The lowest BCUT2D eigenvalue weighted by Crippen LogP contribution is -2.52.